The zero-order valence-electron chi connectivity index (χ0n) is 17.7. The number of likely N-dealkylation sites (N-methyl/N-ethyl adjacent to an activating group) is 1. The number of piperazine rings is 1. The van der Waals surface area contributed by atoms with E-state index in [1.807, 2.05) is 42.6 Å². The number of nitrogens with zero attached hydrogens (tertiary/aromatic N) is 4. The van der Waals surface area contributed by atoms with Gasteiger partial charge in [0.2, 0.25) is 0 Å². The molecule has 0 amide bonds. The number of halogens is 2. The molecule has 0 bridgehead atoms. The number of para-hydroxylation sites is 1. The number of fused-ring (bicyclic) bond motifs is 1. The van der Waals surface area contributed by atoms with Crippen molar-refractivity contribution in [3.63, 3.8) is 0 Å². The van der Waals surface area contributed by atoms with Gasteiger partial charge in [-0.05, 0) is 43.4 Å². The molecule has 0 spiro atoms. The van der Waals surface area contributed by atoms with E-state index >= 15 is 0 Å². The number of rotatable bonds is 4. The Hall–Kier alpha value is -3.22. The molecule has 0 aliphatic carbocycles. The summed E-state index contributed by atoms with van der Waals surface area (Å²) >= 11 is 6.13. The number of hydrogen-bond donors (Lipinski definition) is 1. The van der Waals surface area contributed by atoms with Crippen LogP contribution in [0.5, 0.6) is 0 Å². The van der Waals surface area contributed by atoms with E-state index in [1.165, 1.54) is 12.1 Å². The van der Waals surface area contributed by atoms with Gasteiger partial charge in [0.15, 0.2) is 0 Å². The van der Waals surface area contributed by atoms with Crippen molar-refractivity contribution in [3.05, 3.63) is 77.7 Å². The number of benzene rings is 2. The first-order valence-electron chi connectivity index (χ1n) is 10.6. The fraction of sp³-hybridized carbons (Fsp3) is 0.200. The Labute approximate surface area is 191 Å². The van der Waals surface area contributed by atoms with Crippen molar-refractivity contribution in [2.24, 2.45) is 0 Å². The van der Waals surface area contributed by atoms with Crippen LogP contribution in [0.25, 0.3) is 22.2 Å². The molecule has 1 N–H and O–H groups in total. The highest BCUT2D eigenvalue weighted by Crippen LogP contribution is 2.33. The van der Waals surface area contributed by atoms with Gasteiger partial charge in [0.25, 0.3) is 0 Å². The largest absolute Gasteiger partial charge is 0.355 e. The van der Waals surface area contributed by atoms with Gasteiger partial charge in [-0.15, -0.1) is 0 Å². The first kappa shape index (κ1) is 20.7. The van der Waals surface area contributed by atoms with Crippen LogP contribution in [0.1, 0.15) is 0 Å². The maximum Gasteiger partial charge on any atom is 0.132 e. The molecule has 7 heteroatoms. The zero-order valence-corrected chi connectivity index (χ0v) is 18.5. The molecule has 2 aromatic carbocycles. The SMILES string of the molecule is CN1CCN(c2cc(Nc3cc(-c4cc(Cl)ccc4F)nc4ccccc34)ccn2)CC1. The molecule has 1 aliphatic rings. The van der Waals surface area contributed by atoms with Gasteiger partial charge in [0.1, 0.15) is 11.6 Å². The van der Waals surface area contributed by atoms with Gasteiger partial charge in [-0.25, -0.2) is 14.4 Å². The summed E-state index contributed by atoms with van der Waals surface area (Å²) in [7, 11) is 2.14. The van der Waals surface area contributed by atoms with Crippen LogP contribution in [-0.2, 0) is 0 Å². The van der Waals surface area contributed by atoms with Crippen LogP contribution in [0.3, 0.4) is 0 Å². The molecule has 1 aliphatic heterocycles. The molecule has 1 saturated heterocycles. The predicted octanol–water partition coefficient (Wildman–Crippen LogP) is 5.58. The van der Waals surface area contributed by atoms with Crippen molar-refractivity contribution in [3.8, 4) is 11.3 Å². The second-order valence-electron chi connectivity index (χ2n) is 8.01. The maximum absolute atomic E-state index is 14.6. The van der Waals surface area contributed by atoms with Crippen molar-refractivity contribution in [2.75, 3.05) is 43.4 Å². The molecule has 5 nitrogen and oxygen atoms in total. The van der Waals surface area contributed by atoms with Crippen LogP contribution in [0.4, 0.5) is 21.6 Å². The number of pyridine rings is 2. The van der Waals surface area contributed by atoms with Gasteiger partial charge < -0.3 is 15.1 Å². The second-order valence-corrected chi connectivity index (χ2v) is 8.45. The minimum Gasteiger partial charge on any atom is -0.355 e. The lowest BCUT2D eigenvalue weighted by Gasteiger charge is -2.33. The van der Waals surface area contributed by atoms with Crippen LogP contribution >= 0.6 is 11.6 Å². The first-order chi connectivity index (χ1) is 15.6. The van der Waals surface area contributed by atoms with Crippen LogP contribution in [0, 0.1) is 5.82 Å². The standard InChI is InChI=1S/C25H23ClFN5/c1-31-10-12-32(13-11-31)25-15-18(8-9-28-25)29-23-16-24(20-14-17(26)6-7-21(20)27)30-22-5-3-2-4-19(22)23/h2-9,14-16H,10-13H2,1H3,(H,28,29,30). The van der Waals surface area contributed by atoms with Gasteiger partial charge in [-0.3, -0.25) is 0 Å². The van der Waals surface area contributed by atoms with E-state index in [9.17, 15) is 4.39 Å². The minimum absolute atomic E-state index is 0.357. The Balaban J connectivity index is 1.53. The number of hydrogen-bond acceptors (Lipinski definition) is 5. The average Bonchev–Trinajstić information content (AvgIpc) is 2.81. The summed E-state index contributed by atoms with van der Waals surface area (Å²) in [5.74, 6) is 0.590. The average molecular weight is 448 g/mol. The Morgan fingerprint density at radius 1 is 0.969 bits per heavy atom. The lowest BCUT2D eigenvalue weighted by Crippen LogP contribution is -2.44. The van der Waals surface area contributed by atoms with E-state index in [0.717, 1.165) is 54.3 Å². The van der Waals surface area contributed by atoms with Crippen LogP contribution in [-0.4, -0.2) is 48.1 Å². The highest BCUT2D eigenvalue weighted by atomic mass is 35.5. The maximum atomic E-state index is 14.6. The van der Waals surface area contributed by atoms with E-state index in [4.69, 9.17) is 11.6 Å². The summed E-state index contributed by atoms with van der Waals surface area (Å²) in [6.07, 6.45) is 1.82. The Morgan fingerprint density at radius 3 is 2.62 bits per heavy atom. The summed E-state index contributed by atoms with van der Waals surface area (Å²) in [5, 5.41) is 4.93. The van der Waals surface area contributed by atoms with Crippen LogP contribution < -0.4 is 10.2 Å². The molecular formula is C25H23ClFN5. The van der Waals surface area contributed by atoms with Gasteiger partial charge in [-0.2, -0.15) is 0 Å². The first-order valence-corrected chi connectivity index (χ1v) is 11.0. The molecule has 32 heavy (non-hydrogen) atoms. The Morgan fingerprint density at radius 2 is 1.78 bits per heavy atom. The molecule has 1 fully saturated rings. The van der Waals surface area contributed by atoms with Gasteiger partial charge in [0.05, 0.1) is 16.9 Å². The lowest BCUT2D eigenvalue weighted by atomic mass is 10.1. The summed E-state index contributed by atoms with van der Waals surface area (Å²) < 4.78 is 14.6. The topological polar surface area (TPSA) is 44.3 Å². The molecular weight excluding hydrogens is 425 g/mol. The predicted molar refractivity (Wildman–Crippen MR) is 129 cm³/mol. The minimum atomic E-state index is -0.357. The van der Waals surface area contributed by atoms with Crippen LogP contribution in [0.15, 0.2) is 66.9 Å². The number of aromatic nitrogens is 2. The van der Waals surface area contributed by atoms with E-state index in [-0.39, 0.29) is 5.82 Å². The molecule has 0 saturated carbocycles. The third kappa shape index (κ3) is 4.24. The normalized spacial score (nSPS) is 14.7. The fourth-order valence-electron chi connectivity index (χ4n) is 3.97. The molecule has 0 atom stereocenters. The lowest BCUT2D eigenvalue weighted by molar-refractivity contribution is 0.312. The van der Waals surface area contributed by atoms with Crippen molar-refractivity contribution >= 4 is 39.7 Å². The Bertz CT molecular complexity index is 1270. The molecule has 0 radical (unpaired) electrons. The van der Waals surface area contributed by atoms with Crippen molar-refractivity contribution in [1.82, 2.24) is 14.9 Å². The summed E-state index contributed by atoms with van der Waals surface area (Å²) in [6.45, 7) is 3.93. The number of anilines is 3. The quantitative estimate of drug-likeness (QED) is 0.442. The van der Waals surface area contributed by atoms with E-state index in [1.54, 1.807) is 6.07 Å². The van der Waals surface area contributed by atoms with Crippen LogP contribution in [0.2, 0.25) is 5.02 Å². The highest BCUT2D eigenvalue weighted by Gasteiger charge is 2.16. The summed E-state index contributed by atoms with van der Waals surface area (Å²) in [6, 6.07) is 18.2. The van der Waals surface area contributed by atoms with Crippen molar-refractivity contribution in [1.29, 1.82) is 0 Å². The van der Waals surface area contributed by atoms with E-state index < -0.39 is 0 Å². The molecule has 5 rings (SSSR count). The highest BCUT2D eigenvalue weighted by molar-refractivity contribution is 6.30. The van der Waals surface area contributed by atoms with Crippen molar-refractivity contribution in [2.45, 2.75) is 0 Å². The monoisotopic (exact) mass is 447 g/mol. The van der Waals surface area contributed by atoms with E-state index in [0.29, 0.717) is 16.3 Å². The third-order valence-electron chi connectivity index (χ3n) is 5.77. The summed E-state index contributed by atoms with van der Waals surface area (Å²) in [5.41, 5.74) is 3.45. The molecule has 0 unspecified atom stereocenters. The molecule has 3 heterocycles. The van der Waals surface area contributed by atoms with E-state index in [2.05, 4.69) is 38.2 Å². The molecule has 162 valence electrons. The fourth-order valence-corrected chi connectivity index (χ4v) is 4.14. The Kier molecular flexibility index (Phi) is 5.64. The molecule has 4 aromatic rings. The third-order valence-corrected chi connectivity index (χ3v) is 6.01. The summed E-state index contributed by atoms with van der Waals surface area (Å²) in [4.78, 5) is 13.9. The smallest absolute Gasteiger partial charge is 0.132 e. The number of nitrogens with one attached hydrogen (secondary N) is 1. The van der Waals surface area contributed by atoms with Crippen molar-refractivity contribution < 1.29 is 4.39 Å². The molecule has 2 aromatic heterocycles. The van der Waals surface area contributed by atoms with Gasteiger partial charge >= 0.3 is 0 Å². The zero-order chi connectivity index (χ0) is 22.1. The van der Waals surface area contributed by atoms with Gasteiger partial charge in [-0.1, -0.05) is 29.8 Å². The second kappa shape index (κ2) is 8.73. The van der Waals surface area contributed by atoms with Gasteiger partial charge in [0, 0.05) is 60.1 Å².